The topological polar surface area (TPSA) is 0 Å². The van der Waals surface area contributed by atoms with Gasteiger partial charge in [0.25, 0.3) is 0 Å². The Hall–Kier alpha value is -1.10. The maximum Gasteiger partial charge on any atom is 0.416 e. The molecule has 74 valence electrons. The van der Waals surface area contributed by atoms with Gasteiger partial charge in [0.05, 0.1) is 5.56 Å². The van der Waals surface area contributed by atoms with E-state index in [0.29, 0.717) is 11.5 Å². The average Bonchev–Trinajstić information content (AvgIpc) is 2.50. The minimum absolute atomic E-state index is 0.239. The fourth-order valence-corrected chi connectivity index (χ4v) is 1.99. The van der Waals surface area contributed by atoms with Crippen molar-refractivity contribution in [3.05, 3.63) is 34.3 Å². The van der Waals surface area contributed by atoms with Crippen molar-refractivity contribution >= 4 is 22.1 Å². The molecule has 0 N–H and O–H groups in total. The lowest BCUT2D eigenvalue weighted by Crippen LogP contribution is -2.04. The van der Waals surface area contributed by atoms with E-state index in [1.807, 2.05) is 0 Å². The van der Waals surface area contributed by atoms with E-state index >= 15 is 0 Å². The molecule has 0 aliphatic carbocycles. The van der Waals surface area contributed by atoms with Crippen LogP contribution in [-0.2, 0) is 6.18 Å². The van der Waals surface area contributed by atoms with E-state index in [1.54, 1.807) is 0 Å². The first kappa shape index (κ1) is 9.45. The van der Waals surface area contributed by atoms with Crippen LogP contribution in [0.25, 0.3) is 10.8 Å². The Morgan fingerprint density at radius 1 is 1.07 bits per heavy atom. The van der Waals surface area contributed by atoms with Gasteiger partial charge in [-0.1, -0.05) is 0 Å². The molecule has 1 heterocycles. The lowest BCUT2D eigenvalue weighted by atomic mass is 10.1. The van der Waals surface area contributed by atoms with Crippen molar-refractivity contribution in [2.45, 2.75) is 6.18 Å². The predicted molar refractivity (Wildman–Crippen MR) is 46.8 cm³/mol. The van der Waals surface area contributed by atoms with E-state index < -0.39 is 17.6 Å². The smallest absolute Gasteiger partial charge is 0.206 e. The van der Waals surface area contributed by atoms with Gasteiger partial charge in [0.15, 0.2) is 0 Å². The van der Waals surface area contributed by atoms with Crippen molar-refractivity contribution < 1.29 is 17.6 Å². The number of rotatable bonds is 0. The van der Waals surface area contributed by atoms with Crippen LogP contribution in [0.2, 0.25) is 0 Å². The first-order chi connectivity index (χ1) is 6.48. The van der Waals surface area contributed by atoms with Gasteiger partial charge in [0.1, 0.15) is 5.82 Å². The van der Waals surface area contributed by atoms with Gasteiger partial charge in [-0.2, -0.15) is 24.5 Å². The minimum Gasteiger partial charge on any atom is -0.206 e. The van der Waals surface area contributed by atoms with Crippen molar-refractivity contribution in [3.63, 3.8) is 0 Å². The average molecular weight is 220 g/mol. The second kappa shape index (κ2) is 2.95. The number of hydrogen-bond donors (Lipinski definition) is 0. The van der Waals surface area contributed by atoms with E-state index in [2.05, 4.69) is 0 Å². The molecule has 0 bridgehead atoms. The molecule has 1 aromatic carbocycles. The molecule has 0 fully saturated rings. The van der Waals surface area contributed by atoms with Crippen LogP contribution in [-0.4, -0.2) is 0 Å². The number of thiophene rings is 1. The summed E-state index contributed by atoms with van der Waals surface area (Å²) in [4.78, 5) is 0. The van der Waals surface area contributed by atoms with E-state index in [9.17, 15) is 17.6 Å². The van der Waals surface area contributed by atoms with E-state index in [1.165, 1.54) is 22.1 Å². The Morgan fingerprint density at radius 3 is 2.43 bits per heavy atom. The van der Waals surface area contributed by atoms with Crippen molar-refractivity contribution in [2.24, 2.45) is 0 Å². The number of hydrogen-bond acceptors (Lipinski definition) is 1. The normalized spacial score (nSPS) is 12.3. The molecule has 14 heavy (non-hydrogen) atoms. The van der Waals surface area contributed by atoms with Crippen LogP contribution >= 0.6 is 11.3 Å². The summed E-state index contributed by atoms with van der Waals surface area (Å²) in [6, 6.07) is 1.48. The van der Waals surface area contributed by atoms with Crippen LogP contribution in [0.3, 0.4) is 0 Å². The first-order valence-corrected chi connectivity index (χ1v) is 4.65. The summed E-state index contributed by atoms with van der Waals surface area (Å²) in [5.74, 6) is -0.823. The quantitative estimate of drug-likeness (QED) is 0.587. The van der Waals surface area contributed by atoms with Crippen LogP contribution < -0.4 is 0 Å². The van der Waals surface area contributed by atoms with E-state index in [0.717, 1.165) is 6.07 Å². The van der Waals surface area contributed by atoms with Gasteiger partial charge in [0, 0.05) is 10.8 Å². The SMILES string of the molecule is Fc1cc(C(F)(F)F)cc2cscc12. The van der Waals surface area contributed by atoms with E-state index in [-0.39, 0.29) is 5.39 Å². The highest BCUT2D eigenvalue weighted by Crippen LogP contribution is 2.33. The Labute approximate surface area is 80.8 Å². The molecule has 0 atom stereocenters. The van der Waals surface area contributed by atoms with Crippen LogP contribution in [0.5, 0.6) is 0 Å². The number of benzene rings is 1. The third kappa shape index (κ3) is 1.48. The summed E-state index contributed by atoms with van der Waals surface area (Å²) in [5, 5.41) is 3.52. The second-order valence-corrected chi connectivity index (χ2v) is 3.57. The highest BCUT2D eigenvalue weighted by molar-refractivity contribution is 7.09. The molecule has 0 unspecified atom stereocenters. The lowest BCUT2D eigenvalue weighted by Gasteiger charge is -2.06. The summed E-state index contributed by atoms with van der Waals surface area (Å²) in [6.07, 6.45) is -4.49. The minimum atomic E-state index is -4.49. The van der Waals surface area contributed by atoms with Crippen molar-refractivity contribution in [3.8, 4) is 0 Å². The van der Waals surface area contributed by atoms with Gasteiger partial charge in [-0.05, 0) is 22.9 Å². The fourth-order valence-electron chi connectivity index (χ4n) is 1.20. The van der Waals surface area contributed by atoms with Crippen LogP contribution in [0.15, 0.2) is 22.9 Å². The van der Waals surface area contributed by atoms with Gasteiger partial charge in [0.2, 0.25) is 0 Å². The molecule has 2 aromatic rings. The highest BCUT2D eigenvalue weighted by atomic mass is 32.1. The summed E-state index contributed by atoms with van der Waals surface area (Å²) >= 11 is 1.18. The largest absolute Gasteiger partial charge is 0.416 e. The van der Waals surface area contributed by atoms with Gasteiger partial charge in [-0.3, -0.25) is 0 Å². The number of halogens is 4. The second-order valence-electron chi connectivity index (χ2n) is 2.83. The molecular weight excluding hydrogens is 216 g/mol. The van der Waals surface area contributed by atoms with Crippen LogP contribution in [0.4, 0.5) is 17.6 Å². The Morgan fingerprint density at radius 2 is 1.79 bits per heavy atom. The van der Waals surface area contributed by atoms with Crippen molar-refractivity contribution in [1.82, 2.24) is 0 Å². The maximum absolute atomic E-state index is 13.1. The van der Waals surface area contributed by atoms with Gasteiger partial charge < -0.3 is 0 Å². The van der Waals surface area contributed by atoms with Crippen LogP contribution in [0, 0.1) is 5.82 Å². The standard InChI is InChI=1S/C9H4F4S/c10-8-2-6(9(11,12)13)1-5-3-14-4-7(5)8/h1-4H. The molecule has 0 radical (unpaired) electrons. The molecule has 0 nitrogen and oxygen atoms in total. The third-order valence-electron chi connectivity index (χ3n) is 1.87. The molecule has 5 heteroatoms. The molecule has 0 aliphatic rings. The Balaban J connectivity index is 2.70. The molecule has 2 rings (SSSR count). The monoisotopic (exact) mass is 220 g/mol. The van der Waals surface area contributed by atoms with Crippen molar-refractivity contribution in [2.75, 3.05) is 0 Å². The zero-order valence-corrected chi connectivity index (χ0v) is 7.55. The number of fused-ring (bicyclic) bond motifs is 1. The van der Waals surface area contributed by atoms with Crippen molar-refractivity contribution in [1.29, 1.82) is 0 Å². The molecule has 0 amide bonds. The molecule has 1 aromatic heterocycles. The molecule has 0 aliphatic heterocycles. The van der Waals surface area contributed by atoms with E-state index in [4.69, 9.17) is 0 Å². The van der Waals surface area contributed by atoms with Gasteiger partial charge >= 0.3 is 6.18 Å². The first-order valence-electron chi connectivity index (χ1n) is 3.71. The van der Waals surface area contributed by atoms with Gasteiger partial charge in [-0.15, -0.1) is 0 Å². The van der Waals surface area contributed by atoms with Crippen LogP contribution in [0.1, 0.15) is 5.56 Å². The highest BCUT2D eigenvalue weighted by Gasteiger charge is 2.31. The maximum atomic E-state index is 13.1. The summed E-state index contributed by atoms with van der Waals surface area (Å²) in [7, 11) is 0. The predicted octanol–water partition coefficient (Wildman–Crippen LogP) is 4.06. The fraction of sp³-hybridized carbons (Fsp3) is 0.111. The summed E-state index contributed by atoms with van der Waals surface area (Å²) < 4.78 is 49.8. The Kier molecular flexibility index (Phi) is 1.99. The molecule has 0 saturated carbocycles. The number of alkyl halides is 3. The lowest BCUT2D eigenvalue weighted by molar-refractivity contribution is -0.137. The zero-order valence-electron chi connectivity index (χ0n) is 6.73. The third-order valence-corrected chi connectivity index (χ3v) is 2.63. The Bertz CT molecular complexity index is 469. The molecular formula is C9H4F4S. The summed E-state index contributed by atoms with van der Waals surface area (Å²) in [5.41, 5.74) is -0.944. The van der Waals surface area contributed by atoms with Gasteiger partial charge in [-0.25, -0.2) is 4.39 Å². The molecule has 0 spiro atoms. The summed E-state index contributed by atoms with van der Waals surface area (Å²) in [6.45, 7) is 0. The zero-order chi connectivity index (χ0) is 10.3. The molecule has 0 saturated heterocycles.